The van der Waals surface area contributed by atoms with Crippen molar-refractivity contribution >= 4 is 39.9 Å². The number of alkyl halides is 1. The Bertz CT molecular complexity index is 1310. The maximum atomic E-state index is 15.1. The lowest BCUT2D eigenvalue weighted by Crippen LogP contribution is -2.15. The molecular weight excluding hydrogens is 414 g/mol. The van der Waals surface area contributed by atoms with E-state index in [1.807, 2.05) is 13.8 Å². The van der Waals surface area contributed by atoms with E-state index in [2.05, 4.69) is 25.5 Å². The second kappa shape index (κ2) is 6.73. The number of rotatable bonds is 4. The molecule has 0 radical (unpaired) electrons. The van der Waals surface area contributed by atoms with Crippen molar-refractivity contribution in [2.75, 3.05) is 5.32 Å². The number of halogens is 3. The van der Waals surface area contributed by atoms with Gasteiger partial charge in [-0.25, -0.2) is 13.8 Å². The Kier molecular flexibility index (Phi) is 4.25. The van der Waals surface area contributed by atoms with Crippen LogP contribution < -0.4 is 5.32 Å². The van der Waals surface area contributed by atoms with E-state index in [1.54, 1.807) is 23.0 Å². The van der Waals surface area contributed by atoms with Crippen molar-refractivity contribution in [2.24, 2.45) is 5.92 Å². The molecule has 3 heterocycles. The van der Waals surface area contributed by atoms with E-state index in [1.165, 1.54) is 6.20 Å². The predicted molar refractivity (Wildman–Crippen MR) is 109 cm³/mol. The van der Waals surface area contributed by atoms with Crippen molar-refractivity contribution in [3.63, 3.8) is 0 Å². The molecule has 0 bridgehead atoms. The van der Waals surface area contributed by atoms with Gasteiger partial charge < -0.3 is 9.72 Å². The van der Waals surface area contributed by atoms with Gasteiger partial charge in [-0.3, -0.25) is 14.9 Å². The summed E-state index contributed by atoms with van der Waals surface area (Å²) >= 11 is 6.42. The topological polar surface area (TPSA) is 88.0 Å². The highest BCUT2D eigenvalue weighted by atomic mass is 35.5. The number of aromatic amines is 1. The summed E-state index contributed by atoms with van der Waals surface area (Å²) in [5, 5.41) is 10.2. The number of nitrogens with one attached hydrogen (secondary N) is 2. The van der Waals surface area contributed by atoms with Crippen molar-refractivity contribution < 1.29 is 13.6 Å². The van der Waals surface area contributed by atoms with Crippen LogP contribution in [0.5, 0.6) is 0 Å². The quantitative estimate of drug-likeness (QED) is 0.499. The maximum Gasteiger partial charge on any atom is 0.231 e. The van der Waals surface area contributed by atoms with Crippen molar-refractivity contribution in [1.29, 1.82) is 0 Å². The normalized spacial score (nSPS) is 18.5. The van der Waals surface area contributed by atoms with Crippen LogP contribution >= 0.6 is 11.6 Å². The number of H-pyrrole nitrogens is 1. The fourth-order valence-electron chi connectivity index (χ4n) is 3.67. The van der Waals surface area contributed by atoms with E-state index in [0.717, 1.165) is 0 Å². The maximum absolute atomic E-state index is 15.1. The van der Waals surface area contributed by atoms with Crippen molar-refractivity contribution in [3.05, 3.63) is 41.2 Å². The molecular formula is C20H17ClF2N6O. The lowest BCUT2D eigenvalue weighted by Gasteiger charge is -2.14. The van der Waals surface area contributed by atoms with E-state index < -0.39 is 23.8 Å². The van der Waals surface area contributed by atoms with E-state index in [0.29, 0.717) is 39.2 Å². The smallest absolute Gasteiger partial charge is 0.231 e. The number of benzene rings is 1. The van der Waals surface area contributed by atoms with Gasteiger partial charge in [-0.2, -0.15) is 5.10 Å². The van der Waals surface area contributed by atoms with Crippen LogP contribution in [-0.2, 0) is 4.79 Å². The molecule has 7 nitrogen and oxygen atoms in total. The van der Waals surface area contributed by atoms with Gasteiger partial charge in [0.2, 0.25) is 5.91 Å². The van der Waals surface area contributed by atoms with Crippen molar-refractivity contribution in [3.8, 4) is 11.3 Å². The largest absolute Gasteiger partial charge is 0.309 e. The van der Waals surface area contributed by atoms with Gasteiger partial charge in [-0.15, -0.1) is 0 Å². The summed E-state index contributed by atoms with van der Waals surface area (Å²) in [4.78, 5) is 20.6. The van der Waals surface area contributed by atoms with Crippen LogP contribution in [0.3, 0.4) is 0 Å². The Balaban J connectivity index is 1.59. The Morgan fingerprint density at radius 1 is 1.37 bits per heavy atom. The minimum Gasteiger partial charge on any atom is -0.309 e. The zero-order valence-corrected chi connectivity index (χ0v) is 16.8. The van der Waals surface area contributed by atoms with Crippen LogP contribution in [-0.4, -0.2) is 36.6 Å². The van der Waals surface area contributed by atoms with Crippen LogP contribution in [0, 0.1) is 11.7 Å². The molecule has 5 rings (SSSR count). The van der Waals surface area contributed by atoms with Gasteiger partial charge in [-0.05, 0) is 12.3 Å². The third kappa shape index (κ3) is 2.92. The molecule has 30 heavy (non-hydrogen) atoms. The van der Waals surface area contributed by atoms with E-state index in [-0.39, 0.29) is 17.4 Å². The molecule has 10 heteroatoms. The molecule has 1 saturated carbocycles. The summed E-state index contributed by atoms with van der Waals surface area (Å²) in [6, 6.07) is 0. The summed E-state index contributed by atoms with van der Waals surface area (Å²) in [6.45, 7) is 3.76. The number of nitrogens with zero attached hydrogens (tertiary/aromatic N) is 4. The fourth-order valence-corrected chi connectivity index (χ4v) is 3.97. The van der Waals surface area contributed by atoms with Gasteiger partial charge in [0.05, 0.1) is 40.7 Å². The summed E-state index contributed by atoms with van der Waals surface area (Å²) in [5.74, 6) is -1.32. The minimum atomic E-state index is -1.08. The van der Waals surface area contributed by atoms with Gasteiger partial charge in [-0.1, -0.05) is 25.4 Å². The second-order valence-corrected chi connectivity index (χ2v) is 8.12. The molecule has 0 unspecified atom stereocenters. The van der Waals surface area contributed by atoms with Gasteiger partial charge in [0.25, 0.3) is 0 Å². The number of carbonyl (C=O) groups is 1. The fraction of sp³-hybridized carbons (Fsp3) is 0.300. The first kappa shape index (κ1) is 18.9. The first-order valence-electron chi connectivity index (χ1n) is 9.49. The number of imidazole rings is 1. The Morgan fingerprint density at radius 3 is 2.83 bits per heavy atom. The summed E-state index contributed by atoms with van der Waals surface area (Å²) in [5.41, 5.74) is 2.36. The molecule has 1 amide bonds. The second-order valence-electron chi connectivity index (χ2n) is 7.74. The van der Waals surface area contributed by atoms with Gasteiger partial charge in [0, 0.05) is 22.7 Å². The highest BCUT2D eigenvalue weighted by Crippen LogP contribution is 2.40. The van der Waals surface area contributed by atoms with E-state index >= 15 is 4.39 Å². The number of fused-ring (bicyclic) bond motifs is 2. The zero-order valence-electron chi connectivity index (χ0n) is 16.1. The molecule has 3 aromatic heterocycles. The Labute approximate surface area is 174 Å². The van der Waals surface area contributed by atoms with Gasteiger partial charge in [0.1, 0.15) is 12.0 Å². The number of amides is 1. The standard InChI is InChI=1S/C20H17ClF2N6O/c1-8(2)15-18(23)17(21)16(10-4-25-28-19(10)15)12-6-29-7-13(26-14(29)5-24-12)27-20(30)9-3-11(9)22/h4-9,11H,3H2,1-2H3,(H,25,28)(H,27,30)/t9-,11+/m0/s1. The number of anilines is 1. The molecule has 1 aliphatic carbocycles. The highest BCUT2D eigenvalue weighted by Gasteiger charge is 2.43. The van der Waals surface area contributed by atoms with Crippen molar-refractivity contribution in [1.82, 2.24) is 24.6 Å². The van der Waals surface area contributed by atoms with Gasteiger partial charge in [0.15, 0.2) is 11.5 Å². The van der Waals surface area contributed by atoms with Crippen LogP contribution in [0.1, 0.15) is 31.7 Å². The molecule has 0 spiro atoms. The number of carbonyl (C=O) groups excluding carboxylic acids is 1. The summed E-state index contributed by atoms with van der Waals surface area (Å²) < 4.78 is 29.8. The average Bonchev–Trinajstić information content (AvgIpc) is 3.08. The molecule has 2 N–H and O–H groups in total. The van der Waals surface area contributed by atoms with Crippen LogP contribution in [0.15, 0.2) is 24.8 Å². The Morgan fingerprint density at radius 2 is 2.13 bits per heavy atom. The van der Waals surface area contributed by atoms with Gasteiger partial charge >= 0.3 is 0 Å². The lowest BCUT2D eigenvalue weighted by atomic mass is 9.96. The summed E-state index contributed by atoms with van der Waals surface area (Å²) in [6.07, 6.45) is 5.48. The first-order chi connectivity index (χ1) is 14.3. The summed E-state index contributed by atoms with van der Waals surface area (Å²) in [7, 11) is 0. The van der Waals surface area contributed by atoms with Crippen LogP contribution in [0.2, 0.25) is 5.02 Å². The Hall–Kier alpha value is -3.07. The van der Waals surface area contributed by atoms with Crippen LogP contribution in [0.25, 0.3) is 27.8 Å². The SMILES string of the molecule is CC(C)c1c(F)c(Cl)c(-c2cn3cc(NC(=O)[C@H]4C[C@H]4F)nc3cn2)c2cn[nH]c12. The number of hydrogen-bond acceptors (Lipinski definition) is 4. The minimum absolute atomic E-state index is 0.0317. The molecule has 4 aromatic rings. The average molecular weight is 431 g/mol. The molecule has 1 aliphatic rings. The molecule has 0 saturated heterocycles. The number of aromatic nitrogens is 5. The molecule has 0 aliphatic heterocycles. The number of hydrogen-bond donors (Lipinski definition) is 2. The van der Waals surface area contributed by atoms with Crippen molar-refractivity contribution in [2.45, 2.75) is 32.4 Å². The molecule has 1 aromatic carbocycles. The first-order valence-corrected chi connectivity index (χ1v) is 9.87. The highest BCUT2D eigenvalue weighted by molar-refractivity contribution is 6.35. The van der Waals surface area contributed by atoms with E-state index in [4.69, 9.17) is 11.6 Å². The lowest BCUT2D eigenvalue weighted by molar-refractivity contribution is -0.117. The predicted octanol–water partition coefficient (Wildman–Crippen LogP) is 4.49. The third-order valence-electron chi connectivity index (χ3n) is 5.30. The van der Waals surface area contributed by atoms with Crippen LogP contribution in [0.4, 0.5) is 14.6 Å². The molecule has 154 valence electrons. The molecule has 2 atom stereocenters. The third-order valence-corrected chi connectivity index (χ3v) is 5.66. The monoisotopic (exact) mass is 430 g/mol. The van der Waals surface area contributed by atoms with E-state index in [9.17, 15) is 9.18 Å². The molecule has 1 fully saturated rings. The zero-order chi connectivity index (χ0) is 21.2.